The first-order chi connectivity index (χ1) is 13.3. The minimum absolute atomic E-state index is 0.0513. The van der Waals surface area contributed by atoms with Gasteiger partial charge in [0.05, 0.1) is 12.1 Å². The van der Waals surface area contributed by atoms with Crippen LogP contribution in [0.15, 0.2) is 36.5 Å². The average molecular weight is 394 g/mol. The number of ether oxygens (including phenoxy) is 2. The number of hydrogen-bond donors (Lipinski definition) is 2. The molecule has 10 heteroatoms. The molecular formula is C18H20F2N4O4. The number of rotatable bonds is 7. The van der Waals surface area contributed by atoms with Gasteiger partial charge >= 0.3 is 12.7 Å². The Bertz CT molecular complexity index is 837. The topological polar surface area (TPSA) is 96.8 Å². The molecule has 1 saturated heterocycles. The first kappa shape index (κ1) is 19.7. The van der Waals surface area contributed by atoms with E-state index in [1.807, 2.05) is 0 Å². The number of anilines is 2. The van der Waals surface area contributed by atoms with Gasteiger partial charge in [-0.2, -0.15) is 13.8 Å². The Hall–Kier alpha value is -3.01. The molecule has 1 amide bonds. The van der Waals surface area contributed by atoms with Crippen LogP contribution in [0.2, 0.25) is 0 Å². The first-order valence-electron chi connectivity index (χ1n) is 8.63. The second-order valence-corrected chi connectivity index (χ2v) is 6.31. The van der Waals surface area contributed by atoms with E-state index in [2.05, 4.69) is 20.0 Å². The van der Waals surface area contributed by atoms with E-state index in [0.29, 0.717) is 5.56 Å². The Morgan fingerprint density at radius 3 is 2.86 bits per heavy atom. The van der Waals surface area contributed by atoms with Crippen molar-refractivity contribution in [2.45, 2.75) is 38.6 Å². The summed E-state index contributed by atoms with van der Waals surface area (Å²) in [5, 5.41) is 12.9. The molecule has 8 nitrogen and oxygen atoms in total. The summed E-state index contributed by atoms with van der Waals surface area (Å²) in [4.78, 5) is 21.7. The van der Waals surface area contributed by atoms with E-state index in [-0.39, 0.29) is 30.2 Å². The fraction of sp³-hybridized carbons (Fsp3) is 0.389. The van der Waals surface area contributed by atoms with Crippen LogP contribution in [0.3, 0.4) is 0 Å². The van der Waals surface area contributed by atoms with Crippen molar-refractivity contribution in [1.82, 2.24) is 9.97 Å². The van der Waals surface area contributed by atoms with Gasteiger partial charge in [-0.05, 0) is 37.6 Å². The molecule has 2 aromatic rings. The van der Waals surface area contributed by atoms with E-state index in [1.165, 1.54) is 29.3 Å². The van der Waals surface area contributed by atoms with Crippen molar-refractivity contribution in [1.29, 1.82) is 0 Å². The zero-order valence-corrected chi connectivity index (χ0v) is 15.3. The molecule has 1 aliphatic heterocycles. The van der Waals surface area contributed by atoms with Crippen molar-refractivity contribution in [2.75, 3.05) is 16.8 Å². The monoisotopic (exact) mass is 394 g/mol. The van der Waals surface area contributed by atoms with Crippen molar-refractivity contribution >= 4 is 17.9 Å². The highest BCUT2D eigenvalue weighted by Crippen LogP contribution is 2.26. The largest absolute Gasteiger partial charge is 0.447 e. The van der Waals surface area contributed by atoms with E-state index in [9.17, 15) is 18.7 Å². The average Bonchev–Trinajstić information content (AvgIpc) is 3.03. The molecule has 0 aliphatic carbocycles. The Morgan fingerprint density at radius 1 is 1.36 bits per heavy atom. The maximum Gasteiger partial charge on any atom is 0.416 e. The van der Waals surface area contributed by atoms with Gasteiger partial charge in [-0.3, -0.25) is 4.90 Å². The van der Waals surface area contributed by atoms with Gasteiger partial charge in [0.25, 0.3) is 0 Å². The van der Waals surface area contributed by atoms with E-state index >= 15 is 0 Å². The predicted molar refractivity (Wildman–Crippen MR) is 96.4 cm³/mol. The molecule has 0 saturated carbocycles. The Labute approximate surface area is 160 Å². The highest BCUT2D eigenvalue weighted by Gasteiger charge is 2.38. The molecule has 0 spiro atoms. The van der Waals surface area contributed by atoms with Crippen molar-refractivity contribution in [3.05, 3.63) is 42.1 Å². The Kier molecular flexibility index (Phi) is 5.88. The standard InChI is InChI=1S/C18H20F2N4O4/c1-10(12-4-3-5-13(8-12)28-16(19)20)22-17-21-7-6-15(23-17)24-14(11(2)25)9-27-18(24)26/h3-8,10-11,14,16,25H,9H2,1-2H3,(H,21,22,23)/t10-,11+,14+/m0/s1. The zero-order valence-electron chi connectivity index (χ0n) is 15.3. The number of carbonyl (C=O) groups excluding carboxylic acids is 1. The molecule has 0 unspecified atom stereocenters. The maximum absolute atomic E-state index is 12.4. The number of alkyl halides is 2. The van der Waals surface area contributed by atoms with Gasteiger partial charge in [0.2, 0.25) is 5.95 Å². The van der Waals surface area contributed by atoms with E-state index in [0.717, 1.165) is 0 Å². The number of halogens is 2. The number of amides is 1. The van der Waals surface area contributed by atoms with Crippen LogP contribution in [0.5, 0.6) is 5.75 Å². The lowest BCUT2D eigenvalue weighted by Gasteiger charge is -2.23. The number of aliphatic hydroxyl groups is 1. The minimum Gasteiger partial charge on any atom is -0.447 e. The van der Waals surface area contributed by atoms with Crippen molar-refractivity contribution in [3.8, 4) is 5.75 Å². The zero-order chi connectivity index (χ0) is 20.3. The van der Waals surface area contributed by atoms with Gasteiger partial charge in [0.15, 0.2) is 0 Å². The molecule has 0 bridgehead atoms. The minimum atomic E-state index is -2.90. The summed E-state index contributed by atoms with van der Waals surface area (Å²) >= 11 is 0. The number of hydrogen-bond acceptors (Lipinski definition) is 7. The van der Waals surface area contributed by atoms with Crippen LogP contribution in [0.25, 0.3) is 0 Å². The van der Waals surface area contributed by atoms with Crippen LogP contribution in [0.1, 0.15) is 25.5 Å². The number of carbonyl (C=O) groups is 1. The van der Waals surface area contributed by atoms with Crippen LogP contribution in [-0.2, 0) is 4.74 Å². The summed E-state index contributed by atoms with van der Waals surface area (Å²) in [5.41, 5.74) is 0.689. The van der Waals surface area contributed by atoms with Crippen LogP contribution in [0, 0.1) is 0 Å². The number of aliphatic hydroxyl groups excluding tert-OH is 1. The van der Waals surface area contributed by atoms with Crippen LogP contribution in [-0.4, -0.2) is 46.5 Å². The predicted octanol–water partition coefficient (Wildman–Crippen LogP) is 2.96. The summed E-state index contributed by atoms with van der Waals surface area (Å²) in [7, 11) is 0. The molecule has 1 aliphatic rings. The molecule has 3 atom stereocenters. The van der Waals surface area contributed by atoms with E-state index in [4.69, 9.17) is 4.74 Å². The fourth-order valence-electron chi connectivity index (χ4n) is 2.84. The lowest BCUT2D eigenvalue weighted by atomic mass is 10.1. The molecule has 150 valence electrons. The maximum atomic E-state index is 12.4. The van der Waals surface area contributed by atoms with Gasteiger partial charge in [-0.1, -0.05) is 12.1 Å². The van der Waals surface area contributed by atoms with Crippen molar-refractivity contribution in [2.24, 2.45) is 0 Å². The van der Waals surface area contributed by atoms with Gasteiger partial charge in [0.1, 0.15) is 24.2 Å². The van der Waals surface area contributed by atoms with Gasteiger partial charge in [0, 0.05) is 6.20 Å². The summed E-state index contributed by atoms with van der Waals surface area (Å²) < 4.78 is 34.2. The van der Waals surface area contributed by atoms with Gasteiger partial charge in [-0.25, -0.2) is 9.78 Å². The quantitative estimate of drug-likeness (QED) is 0.745. The highest BCUT2D eigenvalue weighted by atomic mass is 19.3. The highest BCUT2D eigenvalue weighted by molar-refractivity contribution is 5.89. The fourth-order valence-corrected chi connectivity index (χ4v) is 2.84. The smallest absolute Gasteiger partial charge is 0.416 e. The molecule has 1 aromatic carbocycles. The molecule has 3 rings (SSSR count). The lowest BCUT2D eigenvalue weighted by molar-refractivity contribution is -0.0498. The second kappa shape index (κ2) is 8.34. The molecule has 1 fully saturated rings. The van der Waals surface area contributed by atoms with Gasteiger partial charge in [-0.15, -0.1) is 0 Å². The van der Waals surface area contributed by atoms with Crippen LogP contribution >= 0.6 is 0 Å². The van der Waals surface area contributed by atoms with Crippen LogP contribution < -0.4 is 15.0 Å². The van der Waals surface area contributed by atoms with E-state index < -0.39 is 24.9 Å². The molecular weight excluding hydrogens is 374 g/mol. The Morgan fingerprint density at radius 2 is 2.14 bits per heavy atom. The summed E-state index contributed by atoms with van der Waals surface area (Å²) in [6.07, 6.45) is 0.0769. The van der Waals surface area contributed by atoms with Crippen LogP contribution in [0.4, 0.5) is 25.3 Å². The molecule has 28 heavy (non-hydrogen) atoms. The summed E-state index contributed by atoms with van der Waals surface area (Å²) in [6, 6.07) is 6.96. The molecule has 2 heterocycles. The number of aromatic nitrogens is 2. The van der Waals surface area contributed by atoms with Gasteiger partial charge < -0.3 is 19.9 Å². The van der Waals surface area contributed by atoms with Crippen molar-refractivity contribution < 1.29 is 28.2 Å². The molecule has 2 N–H and O–H groups in total. The lowest BCUT2D eigenvalue weighted by Crippen LogP contribution is -2.41. The summed E-state index contributed by atoms with van der Waals surface area (Å²) in [6.45, 7) is 0.536. The number of nitrogens with one attached hydrogen (secondary N) is 1. The van der Waals surface area contributed by atoms with E-state index in [1.54, 1.807) is 26.0 Å². The molecule has 1 aromatic heterocycles. The van der Waals surface area contributed by atoms with Crippen molar-refractivity contribution in [3.63, 3.8) is 0 Å². The third-order valence-corrected chi connectivity index (χ3v) is 4.28. The number of nitrogens with zero attached hydrogens (tertiary/aromatic N) is 3. The third-order valence-electron chi connectivity index (χ3n) is 4.28. The number of cyclic esters (lactones) is 1. The second-order valence-electron chi connectivity index (χ2n) is 6.31. The SMILES string of the molecule is C[C@H](Nc1nccc(N2C(=O)OC[C@@H]2[C@@H](C)O)n1)c1cccc(OC(F)F)c1. The summed E-state index contributed by atoms with van der Waals surface area (Å²) in [5.74, 6) is 0.567. The number of benzene rings is 1. The molecule has 0 radical (unpaired) electrons. The Balaban J connectivity index is 1.77. The third kappa shape index (κ3) is 4.45. The first-order valence-corrected chi connectivity index (χ1v) is 8.63. The normalized spacial score (nSPS) is 18.7.